The highest BCUT2D eigenvalue weighted by molar-refractivity contribution is 7.80. The molecule has 0 bridgehead atoms. The summed E-state index contributed by atoms with van der Waals surface area (Å²) < 4.78 is 6.15. The van der Waals surface area contributed by atoms with E-state index in [-0.39, 0.29) is 10.7 Å². The molecule has 0 aromatic heterocycles. The number of fused-ring (bicyclic) bond motifs is 1. The lowest BCUT2D eigenvalue weighted by Gasteiger charge is -2.29. The van der Waals surface area contributed by atoms with Gasteiger partial charge in [-0.05, 0) is 65.0 Å². The number of carbonyl (C=O) groups excluding carboxylic acids is 2. The van der Waals surface area contributed by atoms with Gasteiger partial charge in [0.25, 0.3) is 11.8 Å². The third-order valence-corrected chi connectivity index (χ3v) is 6.18. The first kappa shape index (κ1) is 22.8. The summed E-state index contributed by atoms with van der Waals surface area (Å²) in [6.45, 7) is 0.298. The number of hydrogen-bond donors (Lipinski definition) is 1. The summed E-state index contributed by atoms with van der Waals surface area (Å²) in [5.74, 6) is -0.503. The molecule has 0 atom stereocenters. The van der Waals surface area contributed by atoms with Crippen molar-refractivity contribution in [2.24, 2.45) is 0 Å². The summed E-state index contributed by atoms with van der Waals surface area (Å²) in [4.78, 5) is 27.7. The number of amides is 2. The molecule has 7 heteroatoms. The van der Waals surface area contributed by atoms with Gasteiger partial charge in [-0.15, -0.1) is 0 Å². The number of rotatable bonds is 5. The predicted octanol–water partition coefficient (Wildman–Crippen LogP) is 5.90. The third kappa shape index (κ3) is 4.67. The number of anilines is 1. The molecule has 1 aliphatic rings. The van der Waals surface area contributed by atoms with E-state index in [9.17, 15) is 9.59 Å². The molecule has 1 heterocycles. The summed E-state index contributed by atoms with van der Waals surface area (Å²) in [6, 6.07) is 27.9. The number of nitrogens with zero attached hydrogens (tertiary/aromatic N) is 1. The summed E-state index contributed by atoms with van der Waals surface area (Å²) in [5, 5.41) is 5.13. The summed E-state index contributed by atoms with van der Waals surface area (Å²) >= 11 is 11.3. The number of hydrogen-bond acceptors (Lipinski definition) is 4. The number of halogens is 1. The Bertz CT molecular complexity index is 1480. The van der Waals surface area contributed by atoms with Crippen LogP contribution in [0.1, 0.15) is 11.1 Å². The molecule has 4 aromatic carbocycles. The standard InChI is InChI=1S/C28H19ClN2O3S/c29-20-13-10-18(11-14-20)17-34-25-15-12-19-6-4-5-9-22(19)23(25)16-24-26(32)30-28(35)31(27(24)33)21-7-2-1-3-8-21/h1-16H,17H2,(H,30,32,35)/b24-16+. The molecular formula is C28H19ClN2O3S. The van der Waals surface area contributed by atoms with Gasteiger partial charge in [-0.2, -0.15) is 0 Å². The number of benzene rings is 4. The van der Waals surface area contributed by atoms with Gasteiger partial charge in [0.15, 0.2) is 5.11 Å². The van der Waals surface area contributed by atoms with Crippen molar-refractivity contribution in [1.82, 2.24) is 5.32 Å². The Kier molecular flexibility index (Phi) is 6.31. The van der Waals surface area contributed by atoms with Gasteiger partial charge in [0, 0.05) is 10.6 Å². The molecule has 0 radical (unpaired) electrons. The fraction of sp³-hybridized carbons (Fsp3) is 0.0357. The molecule has 5 nitrogen and oxygen atoms in total. The second-order valence-electron chi connectivity index (χ2n) is 7.91. The van der Waals surface area contributed by atoms with Crippen molar-refractivity contribution in [3.8, 4) is 5.75 Å². The van der Waals surface area contributed by atoms with Crippen molar-refractivity contribution in [1.29, 1.82) is 0 Å². The van der Waals surface area contributed by atoms with E-state index in [4.69, 9.17) is 28.6 Å². The molecular weight excluding hydrogens is 480 g/mol. The first-order valence-corrected chi connectivity index (χ1v) is 11.7. The lowest BCUT2D eigenvalue weighted by atomic mass is 9.99. The molecule has 0 saturated carbocycles. The molecule has 0 unspecified atom stereocenters. The van der Waals surface area contributed by atoms with E-state index in [1.807, 2.05) is 54.6 Å². The lowest BCUT2D eigenvalue weighted by Crippen LogP contribution is -2.54. The normalized spacial score (nSPS) is 14.9. The highest BCUT2D eigenvalue weighted by Gasteiger charge is 2.34. The first-order chi connectivity index (χ1) is 17.0. The van der Waals surface area contributed by atoms with Crippen LogP contribution in [0.4, 0.5) is 5.69 Å². The third-order valence-electron chi connectivity index (χ3n) is 5.64. The number of carbonyl (C=O) groups is 2. The van der Waals surface area contributed by atoms with Crippen LogP contribution in [0.15, 0.2) is 96.6 Å². The molecule has 2 amide bonds. The minimum absolute atomic E-state index is 0.0323. The zero-order valence-electron chi connectivity index (χ0n) is 18.4. The molecule has 0 aliphatic carbocycles. The zero-order chi connectivity index (χ0) is 24.4. The maximum Gasteiger partial charge on any atom is 0.270 e. The fourth-order valence-electron chi connectivity index (χ4n) is 3.91. The van der Waals surface area contributed by atoms with Crippen molar-refractivity contribution in [3.05, 3.63) is 113 Å². The highest BCUT2D eigenvalue weighted by Crippen LogP contribution is 2.32. The smallest absolute Gasteiger partial charge is 0.270 e. The monoisotopic (exact) mass is 498 g/mol. The highest BCUT2D eigenvalue weighted by atomic mass is 35.5. The van der Waals surface area contributed by atoms with E-state index in [0.29, 0.717) is 28.6 Å². The van der Waals surface area contributed by atoms with Gasteiger partial charge >= 0.3 is 0 Å². The Morgan fingerprint density at radius 1 is 0.886 bits per heavy atom. The maximum absolute atomic E-state index is 13.5. The minimum Gasteiger partial charge on any atom is -0.488 e. The number of ether oxygens (including phenoxy) is 1. The van der Waals surface area contributed by atoms with Gasteiger partial charge in [-0.1, -0.05) is 72.3 Å². The van der Waals surface area contributed by atoms with Crippen LogP contribution in [0.25, 0.3) is 16.8 Å². The van der Waals surface area contributed by atoms with Gasteiger partial charge in [0.05, 0.1) is 5.69 Å². The Morgan fingerprint density at radius 2 is 1.60 bits per heavy atom. The van der Waals surface area contributed by atoms with Gasteiger partial charge in [-0.25, -0.2) is 0 Å². The molecule has 1 fully saturated rings. The predicted molar refractivity (Wildman–Crippen MR) is 142 cm³/mol. The second-order valence-corrected chi connectivity index (χ2v) is 8.73. The van der Waals surface area contributed by atoms with Crippen LogP contribution >= 0.6 is 23.8 Å². The molecule has 5 rings (SSSR count). The topological polar surface area (TPSA) is 58.6 Å². The van der Waals surface area contributed by atoms with E-state index in [2.05, 4.69) is 5.32 Å². The molecule has 4 aromatic rings. The van der Waals surface area contributed by atoms with Crippen LogP contribution in [0.3, 0.4) is 0 Å². The van der Waals surface area contributed by atoms with Crippen LogP contribution < -0.4 is 15.0 Å². The average molecular weight is 499 g/mol. The van der Waals surface area contributed by atoms with Gasteiger partial charge in [0.2, 0.25) is 0 Å². The molecule has 1 saturated heterocycles. The van der Waals surface area contributed by atoms with Crippen LogP contribution in [0.5, 0.6) is 5.75 Å². The fourth-order valence-corrected chi connectivity index (χ4v) is 4.31. The van der Waals surface area contributed by atoms with E-state index < -0.39 is 11.8 Å². The summed E-state index contributed by atoms with van der Waals surface area (Å²) in [6.07, 6.45) is 1.58. The van der Waals surface area contributed by atoms with Crippen LogP contribution in [-0.2, 0) is 16.2 Å². The molecule has 1 N–H and O–H groups in total. The van der Waals surface area contributed by atoms with Gasteiger partial charge < -0.3 is 4.74 Å². The average Bonchev–Trinajstić information content (AvgIpc) is 2.87. The van der Waals surface area contributed by atoms with Crippen LogP contribution in [-0.4, -0.2) is 16.9 Å². The lowest BCUT2D eigenvalue weighted by molar-refractivity contribution is -0.122. The molecule has 35 heavy (non-hydrogen) atoms. The summed E-state index contributed by atoms with van der Waals surface area (Å²) in [7, 11) is 0. The minimum atomic E-state index is -0.552. The first-order valence-electron chi connectivity index (χ1n) is 10.9. The Labute approximate surface area is 212 Å². The van der Waals surface area contributed by atoms with E-state index in [0.717, 1.165) is 16.3 Å². The Balaban J connectivity index is 1.58. The van der Waals surface area contributed by atoms with E-state index >= 15 is 0 Å². The number of thiocarbonyl (C=S) groups is 1. The van der Waals surface area contributed by atoms with E-state index in [1.54, 1.807) is 42.5 Å². The zero-order valence-corrected chi connectivity index (χ0v) is 20.0. The molecule has 1 aliphatic heterocycles. The largest absolute Gasteiger partial charge is 0.488 e. The number of para-hydroxylation sites is 1. The van der Waals surface area contributed by atoms with Gasteiger partial charge in [-0.3, -0.25) is 19.8 Å². The van der Waals surface area contributed by atoms with Gasteiger partial charge in [0.1, 0.15) is 17.9 Å². The summed E-state index contributed by atoms with van der Waals surface area (Å²) in [5.41, 5.74) is 2.12. The number of nitrogens with one attached hydrogen (secondary N) is 1. The Morgan fingerprint density at radius 3 is 2.37 bits per heavy atom. The maximum atomic E-state index is 13.5. The second kappa shape index (κ2) is 9.70. The van der Waals surface area contributed by atoms with Crippen molar-refractivity contribution < 1.29 is 14.3 Å². The molecule has 0 spiro atoms. The Hall–Kier alpha value is -4.00. The van der Waals surface area contributed by atoms with Crippen LogP contribution in [0, 0.1) is 0 Å². The quantitative estimate of drug-likeness (QED) is 0.211. The van der Waals surface area contributed by atoms with Crippen molar-refractivity contribution in [2.75, 3.05) is 4.90 Å². The molecule has 172 valence electrons. The van der Waals surface area contributed by atoms with E-state index in [1.165, 1.54) is 4.90 Å². The SMILES string of the molecule is O=C1NC(=S)N(c2ccccc2)C(=O)/C1=C/c1c(OCc2ccc(Cl)cc2)ccc2ccccc12. The van der Waals surface area contributed by atoms with Crippen molar-refractivity contribution in [3.63, 3.8) is 0 Å². The van der Waals surface area contributed by atoms with Crippen LogP contribution in [0.2, 0.25) is 5.02 Å². The van der Waals surface area contributed by atoms with Crippen molar-refractivity contribution in [2.45, 2.75) is 6.61 Å². The van der Waals surface area contributed by atoms with Crippen molar-refractivity contribution >= 4 is 63.3 Å².